The molecule has 0 spiro atoms. The normalized spacial score (nSPS) is 11.7. The van der Waals surface area contributed by atoms with Gasteiger partial charge in [-0.2, -0.15) is 9.61 Å². The van der Waals surface area contributed by atoms with Gasteiger partial charge in [-0.25, -0.2) is 14.6 Å². The third kappa shape index (κ3) is 2.49. The van der Waals surface area contributed by atoms with Crippen molar-refractivity contribution in [1.82, 2.24) is 29.4 Å². The van der Waals surface area contributed by atoms with Gasteiger partial charge < -0.3 is 0 Å². The van der Waals surface area contributed by atoms with Crippen molar-refractivity contribution < 1.29 is 0 Å². The monoisotopic (exact) mass is 334 g/mol. The van der Waals surface area contributed by atoms with Gasteiger partial charge in [-0.15, -0.1) is 5.10 Å². The maximum atomic E-state index is 4.89. The van der Waals surface area contributed by atoms with E-state index in [-0.39, 0.29) is 0 Å². The highest BCUT2D eigenvalue weighted by Gasteiger charge is 2.17. The van der Waals surface area contributed by atoms with Crippen LogP contribution >= 0.6 is 0 Å². The molecule has 0 saturated heterocycles. The van der Waals surface area contributed by atoms with Crippen molar-refractivity contribution in [1.29, 1.82) is 0 Å². The molecule has 4 rings (SSSR count). The molecule has 0 unspecified atom stereocenters. The minimum absolute atomic E-state index is 0.737. The molecule has 4 heterocycles. The highest BCUT2D eigenvalue weighted by atomic mass is 15.4. The number of hydrogen-bond acceptors (Lipinski definition) is 4. The molecule has 0 aliphatic heterocycles. The Kier molecular flexibility index (Phi) is 3.56. The first kappa shape index (κ1) is 15.7. The molecule has 0 atom stereocenters. The van der Waals surface area contributed by atoms with E-state index >= 15 is 0 Å². The van der Waals surface area contributed by atoms with Crippen LogP contribution in [0.5, 0.6) is 0 Å². The van der Waals surface area contributed by atoms with E-state index in [2.05, 4.69) is 49.1 Å². The highest BCUT2D eigenvalue weighted by molar-refractivity contribution is 5.93. The van der Waals surface area contributed by atoms with Crippen LogP contribution in [0.4, 0.5) is 0 Å². The van der Waals surface area contributed by atoms with Crippen LogP contribution in [0.25, 0.3) is 22.5 Å². The fourth-order valence-corrected chi connectivity index (χ4v) is 3.45. The zero-order chi connectivity index (χ0) is 17.7. The molecule has 6 nitrogen and oxygen atoms in total. The molecule has 4 aromatic rings. The van der Waals surface area contributed by atoms with E-state index in [0.717, 1.165) is 63.7 Å². The Bertz CT molecular complexity index is 1100. The largest absolute Gasteiger partial charge is 0.233 e. The average Bonchev–Trinajstić information content (AvgIpc) is 3.06. The Morgan fingerprint density at radius 2 is 1.72 bits per heavy atom. The van der Waals surface area contributed by atoms with Gasteiger partial charge in [0.2, 0.25) is 0 Å². The van der Waals surface area contributed by atoms with Crippen LogP contribution in [0.2, 0.25) is 0 Å². The molecule has 0 amide bonds. The molecule has 0 fully saturated rings. The maximum Gasteiger partial charge on any atom is 0.184 e. The molecule has 0 radical (unpaired) electrons. The molecule has 0 N–H and O–H groups in total. The van der Waals surface area contributed by atoms with Gasteiger partial charge in [-0.3, -0.25) is 0 Å². The summed E-state index contributed by atoms with van der Waals surface area (Å²) in [5, 5.41) is 10.4. The van der Waals surface area contributed by atoms with Crippen molar-refractivity contribution in [3.8, 4) is 5.82 Å². The molecule has 128 valence electrons. The number of pyridine rings is 1. The zero-order valence-corrected chi connectivity index (χ0v) is 15.3. The highest BCUT2D eigenvalue weighted by Crippen LogP contribution is 2.25. The first-order valence-electron chi connectivity index (χ1n) is 8.68. The predicted molar refractivity (Wildman–Crippen MR) is 98.4 cm³/mol. The third-order valence-corrected chi connectivity index (χ3v) is 4.44. The van der Waals surface area contributed by atoms with E-state index in [4.69, 9.17) is 10.1 Å². The minimum Gasteiger partial charge on any atom is -0.233 e. The average molecular weight is 334 g/mol. The SMILES string of the molecule is CCCc1cc(-n2nc(C)cc2C)n2nc3nc(C)cc(C)c3c2n1. The van der Waals surface area contributed by atoms with Crippen molar-refractivity contribution in [2.45, 2.75) is 47.5 Å². The standard InChI is InChI=1S/C19H22N6/c1-6-7-15-10-16(24-14(5)9-13(4)22-24)25-19(21-15)17-11(2)8-12(3)20-18(17)23-25/h8-10H,6-7H2,1-5H3. The first-order valence-corrected chi connectivity index (χ1v) is 8.68. The second kappa shape index (κ2) is 5.65. The van der Waals surface area contributed by atoms with Crippen LogP contribution in [0.3, 0.4) is 0 Å². The summed E-state index contributed by atoms with van der Waals surface area (Å²) in [4.78, 5) is 9.50. The lowest BCUT2D eigenvalue weighted by atomic mass is 10.2. The van der Waals surface area contributed by atoms with Gasteiger partial charge in [-0.05, 0) is 51.8 Å². The Labute approximate surface area is 146 Å². The van der Waals surface area contributed by atoms with Crippen LogP contribution < -0.4 is 0 Å². The van der Waals surface area contributed by atoms with Crippen molar-refractivity contribution in [3.05, 3.63) is 46.5 Å². The van der Waals surface area contributed by atoms with Crippen LogP contribution in [0.15, 0.2) is 18.2 Å². The summed E-state index contributed by atoms with van der Waals surface area (Å²) < 4.78 is 3.82. The minimum atomic E-state index is 0.737. The van der Waals surface area contributed by atoms with Crippen molar-refractivity contribution >= 4 is 16.7 Å². The van der Waals surface area contributed by atoms with Gasteiger partial charge in [0, 0.05) is 23.1 Å². The summed E-state index contributed by atoms with van der Waals surface area (Å²) in [5.74, 6) is 0.911. The number of aryl methyl sites for hydroxylation is 5. The van der Waals surface area contributed by atoms with Crippen molar-refractivity contribution in [3.63, 3.8) is 0 Å². The summed E-state index contributed by atoms with van der Waals surface area (Å²) in [7, 11) is 0. The van der Waals surface area contributed by atoms with Gasteiger partial charge in [-0.1, -0.05) is 13.3 Å². The fourth-order valence-electron chi connectivity index (χ4n) is 3.45. The van der Waals surface area contributed by atoms with Gasteiger partial charge in [0.05, 0.1) is 11.1 Å². The summed E-state index contributed by atoms with van der Waals surface area (Å²) in [5.41, 5.74) is 6.83. The van der Waals surface area contributed by atoms with Gasteiger partial charge in [0.25, 0.3) is 0 Å². The van der Waals surface area contributed by atoms with Crippen LogP contribution in [0.1, 0.15) is 41.7 Å². The van der Waals surface area contributed by atoms with Gasteiger partial charge in [0.15, 0.2) is 17.1 Å². The van der Waals surface area contributed by atoms with Gasteiger partial charge >= 0.3 is 0 Å². The molecule has 6 heteroatoms. The van der Waals surface area contributed by atoms with Crippen molar-refractivity contribution in [2.24, 2.45) is 0 Å². The number of hydrogen-bond donors (Lipinski definition) is 0. The quantitative estimate of drug-likeness (QED) is 0.574. The lowest BCUT2D eigenvalue weighted by Crippen LogP contribution is -2.09. The van der Waals surface area contributed by atoms with E-state index in [1.54, 1.807) is 0 Å². The number of rotatable bonds is 3. The Hall–Kier alpha value is -2.76. The van der Waals surface area contributed by atoms with E-state index in [1.807, 2.05) is 23.0 Å². The van der Waals surface area contributed by atoms with E-state index < -0.39 is 0 Å². The molecule has 4 aromatic heterocycles. The Morgan fingerprint density at radius 1 is 0.920 bits per heavy atom. The lowest BCUT2D eigenvalue weighted by molar-refractivity contribution is 0.747. The van der Waals surface area contributed by atoms with Gasteiger partial charge in [0.1, 0.15) is 0 Å². The molecule has 0 aromatic carbocycles. The van der Waals surface area contributed by atoms with Crippen LogP contribution in [0, 0.1) is 27.7 Å². The molecular weight excluding hydrogens is 312 g/mol. The van der Waals surface area contributed by atoms with E-state index in [9.17, 15) is 0 Å². The van der Waals surface area contributed by atoms with E-state index in [0.29, 0.717) is 0 Å². The van der Waals surface area contributed by atoms with Crippen LogP contribution in [-0.4, -0.2) is 29.4 Å². The Balaban J connectivity index is 2.14. The fraction of sp³-hybridized carbons (Fsp3) is 0.368. The molecule has 0 aliphatic rings. The maximum absolute atomic E-state index is 4.89. The second-order valence-electron chi connectivity index (χ2n) is 6.71. The molecule has 0 saturated carbocycles. The van der Waals surface area contributed by atoms with E-state index in [1.165, 1.54) is 0 Å². The summed E-state index contributed by atoms with van der Waals surface area (Å²) >= 11 is 0. The smallest absolute Gasteiger partial charge is 0.184 e. The Morgan fingerprint density at radius 3 is 2.40 bits per heavy atom. The second-order valence-corrected chi connectivity index (χ2v) is 6.71. The molecule has 0 aliphatic carbocycles. The molecule has 25 heavy (non-hydrogen) atoms. The summed E-state index contributed by atoms with van der Waals surface area (Å²) in [6.45, 7) is 10.3. The van der Waals surface area contributed by atoms with Crippen LogP contribution in [-0.2, 0) is 6.42 Å². The zero-order valence-electron chi connectivity index (χ0n) is 15.3. The molecule has 0 bridgehead atoms. The van der Waals surface area contributed by atoms with Crippen molar-refractivity contribution in [2.75, 3.05) is 0 Å². The summed E-state index contributed by atoms with van der Waals surface area (Å²) in [6, 6.07) is 6.24. The molecular formula is C19H22N6. The third-order valence-electron chi connectivity index (χ3n) is 4.44. The first-order chi connectivity index (χ1) is 12.0. The number of nitrogens with zero attached hydrogens (tertiary/aromatic N) is 6. The summed E-state index contributed by atoms with van der Waals surface area (Å²) in [6.07, 6.45) is 1.97. The lowest BCUT2D eigenvalue weighted by Gasteiger charge is -2.09. The number of fused-ring (bicyclic) bond motifs is 3. The predicted octanol–water partition coefficient (Wildman–Crippen LogP) is 3.65. The topological polar surface area (TPSA) is 60.9 Å². The number of aromatic nitrogens is 6.